The molecule has 2 heterocycles. The first kappa shape index (κ1) is 19.8. The molecule has 2 aromatic carbocycles. The first-order chi connectivity index (χ1) is 14.1. The van der Waals surface area contributed by atoms with E-state index in [1.54, 1.807) is 11.3 Å². The smallest absolute Gasteiger partial charge is 0.266 e. The zero-order chi connectivity index (χ0) is 20.2. The maximum absolute atomic E-state index is 13.2. The van der Waals surface area contributed by atoms with Gasteiger partial charge in [0.1, 0.15) is 4.88 Å². The molecule has 4 rings (SSSR count). The molecule has 0 bridgehead atoms. The van der Waals surface area contributed by atoms with Crippen LogP contribution in [-0.4, -0.2) is 46.4 Å². The molecule has 1 unspecified atom stereocenters. The fourth-order valence-corrected chi connectivity index (χ4v) is 5.00. The van der Waals surface area contributed by atoms with Gasteiger partial charge in [-0.15, -0.1) is 11.3 Å². The molecule has 1 fully saturated rings. The van der Waals surface area contributed by atoms with Crippen LogP contribution in [0, 0.1) is 6.92 Å². The molecule has 5 heteroatoms. The van der Waals surface area contributed by atoms with Crippen molar-refractivity contribution in [3.8, 4) is 0 Å². The van der Waals surface area contributed by atoms with Crippen LogP contribution in [0.25, 0.3) is 0 Å². The molecule has 0 N–H and O–H groups in total. The van der Waals surface area contributed by atoms with Crippen molar-refractivity contribution in [2.45, 2.75) is 32.9 Å². The van der Waals surface area contributed by atoms with Crippen LogP contribution in [0.4, 0.5) is 0 Å². The van der Waals surface area contributed by atoms with Crippen LogP contribution in [-0.2, 0) is 13.0 Å². The Balaban J connectivity index is 1.41. The number of carbonyl (C=O) groups excluding carboxylic acids is 1. The van der Waals surface area contributed by atoms with Crippen LogP contribution in [0.3, 0.4) is 0 Å². The van der Waals surface area contributed by atoms with Gasteiger partial charge in [0.2, 0.25) is 0 Å². The number of rotatable bonds is 5. The standard InChI is InChI=1S/C24H27N3OS/c1-18-16-26(17-21-11-7-4-8-12-21)13-14-27(18)24(28)23-19(2)25-22(29-23)15-20-9-5-3-6-10-20/h3-12,18H,13-17H2,1-2H3. The van der Waals surface area contributed by atoms with Crippen LogP contribution in [0.2, 0.25) is 0 Å². The first-order valence-electron chi connectivity index (χ1n) is 10.2. The molecule has 1 atom stereocenters. The highest BCUT2D eigenvalue weighted by Crippen LogP contribution is 2.24. The van der Waals surface area contributed by atoms with E-state index in [2.05, 4.69) is 53.2 Å². The van der Waals surface area contributed by atoms with Crippen LogP contribution in [0.1, 0.15) is 38.4 Å². The van der Waals surface area contributed by atoms with E-state index in [1.807, 2.05) is 36.1 Å². The number of piperazine rings is 1. The minimum absolute atomic E-state index is 0.131. The van der Waals surface area contributed by atoms with Crippen LogP contribution < -0.4 is 0 Å². The van der Waals surface area contributed by atoms with Gasteiger partial charge in [0.25, 0.3) is 5.91 Å². The summed E-state index contributed by atoms with van der Waals surface area (Å²) in [6.45, 7) is 7.60. The van der Waals surface area contributed by atoms with E-state index < -0.39 is 0 Å². The number of benzene rings is 2. The second-order valence-electron chi connectivity index (χ2n) is 7.75. The molecule has 0 spiro atoms. The predicted molar refractivity (Wildman–Crippen MR) is 118 cm³/mol. The van der Waals surface area contributed by atoms with E-state index in [0.29, 0.717) is 0 Å². The van der Waals surface area contributed by atoms with E-state index in [1.165, 1.54) is 11.1 Å². The fraction of sp³-hybridized carbons (Fsp3) is 0.333. The molecule has 3 aromatic rings. The monoisotopic (exact) mass is 405 g/mol. The lowest BCUT2D eigenvalue weighted by Crippen LogP contribution is -2.53. The van der Waals surface area contributed by atoms with Crippen molar-refractivity contribution in [1.29, 1.82) is 0 Å². The molecule has 0 saturated carbocycles. The molecule has 1 saturated heterocycles. The highest BCUT2D eigenvalue weighted by molar-refractivity contribution is 7.13. The normalized spacial score (nSPS) is 17.4. The molecular formula is C24H27N3OS. The van der Waals surface area contributed by atoms with Gasteiger partial charge < -0.3 is 4.90 Å². The molecule has 1 aliphatic heterocycles. The number of nitrogens with zero attached hydrogens (tertiary/aromatic N) is 3. The topological polar surface area (TPSA) is 36.4 Å². The van der Waals surface area contributed by atoms with Crippen LogP contribution in [0.15, 0.2) is 60.7 Å². The van der Waals surface area contributed by atoms with E-state index >= 15 is 0 Å². The zero-order valence-electron chi connectivity index (χ0n) is 17.0. The molecule has 29 heavy (non-hydrogen) atoms. The molecule has 1 aromatic heterocycles. The van der Waals surface area contributed by atoms with Gasteiger partial charge in [0.05, 0.1) is 10.7 Å². The fourth-order valence-electron chi connectivity index (χ4n) is 3.95. The second kappa shape index (κ2) is 8.89. The van der Waals surface area contributed by atoms with E-state index in [4.69, 9.17) is 0 Å². The van der Waals surface area contributed by atoms with Gasteiger partial charge in [-0.1, -0.05) is 60.7 Å². The quantitative estimate of drug-likeness (QED) is 0.632. The van der Waals surface area contributed by atoms with Crippen molar-refractivity contribution in [3.05, 3.63) is 87.4 Å². The Morgan fingerprint density at radius 1 is 1.03 bits per heavy atom. The SMILES string of the molecule is Cc1nc(Cc2ccccc2)sc1C(=O)N1CCN(Cc2ccccc2)CC1C. The van der Waals surface area contributed by atoms with Crippen molar-refractivity contribution in [2.75, 3.05) is 19.6 Å². The van der Waals surface area contributed by atoms with Crippen molar-refractivity contribution >= 4 is 17.2 Å². The van der Waals surface area contributed by atoms with Crippen LogP contribution >= 0.6 is 11.3 Å². The number of thiazole rings is 1. The second-order valence-corrected chi connectivity index (χ2v) is 8.84. The summed E-state index contributed by atoms with van der Waals surface area (Å²) in [6, 6.07) is 21.0. The molecule has 150 valence electrons. The summed E-state index contributed by atoms with van der Waals surface area (Å²) < 4.78 is 0. The number of hydrogen-bond donors (Lipinski definition) is 0. The number of aromatic nitrogens is 1. The number of hydrogen-bond acceptors (Lipinski definition) is 4. The highest BCUT2D eigenvalue weighted by Gasteiger charge is 2.30. The summed E-state index contributed by atoms with van der Waals surface area (Å²) in [7, 11) is 0. The van der Waals surface area contributed by atoms with Crippen molar-refractivity contribution in [3.63, 3.8) is 0 Å². The number of carbonyl (C=O) groups is 1. The highest BCUT2D eigenvalue weighted by atomic mass is 32.1. The number of amides is 1. The molecular weight excluding hydrogens is 378 g/mol. The van der Waals surface area contributed by atoms with Gasteiger partial charge in [0, 0.05) is 38.6 Å². The van der Waals surface area contributed by atoms with Gasteiger partial charge in [-0.2, -0.15) is 0 Å². The third-order valence-corrected chi connectivity index (χ3v) is 6.60. The maximum Gasteiger partial charge on any atom is 0.266 e. The first-order valence-corrected chi connectivity index (χ1v) is 11.0. The summed E-state index contributed by atoms with van der Waals surface area (Å²) in [5.74, 6) is 0.131. The summed E-state index contributed by atoms with van der Waals surface area (Å²) in [5, 5.41) is 1.01. The van der Waals surface area contributed by atoms with Gasteiger partial charge in [-0.3, -0.25) is 9.69 Å². The van der Waals surface area contributed by atoms with E-state index in [-0.39, 0.29) is 11.9 Å². The third-order valence-electron chi connectivity index (χ3n) is 5.45. The Labute approximate surface area is 176 Å². The molecule has 4 nitrogen and oxygen atoms in total. The predicted octanol–water partition coefficient (Wildman–Crippen LogP) is 4.39. The minimum atomic E-state index is 0.131. The molecule has 0 radical (unpaired) electrons. The summed E-state index contributed by atoms with van der Waals surface area (Å²) >= 11 is 1.55. The number of aryl methyl sites for hydroxylation is 1. The zero-order valence-corrected chi connectivity index (χ0v) is 17.9. The Kier molecular flexibility index (Phi) is 6.07. The largest absolute Gasteiger partial charge is 0.333 e. The van der Waals surface area contributed by atoms with Gasteiger partial charge in [0.15, 0.2) is 0 Å². The Hall–Kier alpha value is -2.50. The average molecular weight is 406 g/mol. The summed E-state index contributed by atoms with van der Waals surface area (Å²) in [6.07, 6.45) is 0.778. The summed E-state index contributed by atoms with van der Waals surface area (Å²) in [4.78, 5) is 23.2. The lowest BCUT2D eigenvalue weighted by atomic mass is 10.1. The van der Waals surface area contributed by atoms with Crippen molar-refractivity contribution in [2.24, 2.45) is 0 Å². The van der Waals surface area contributed by atoms with E-state index in [0.717, 1.165) is 48.2 Å². The minimum Gasteiger partial charge on any atom is -0.333 e. The Morgan fingerprint density at radius 3 is 2.34 bits per heavy atom. The Bertz CT molecular complexity index is 955. The van der Waals surface area contributed by atoms with E-state index in [9.17, 15) is 4.79 Å². The van der Waals surface area contributed by atoms with Gasteiger partial charge in [-0.05, 0) is 25.0 Å². The van der Waals surface area contributed by atoms with Crippen molar-refractivity contribution < 1.29 is 4.79 Å². The Morgan fingerprint density at radius 2 is 1.69 bits per heavy atom. The molecule has 1 amide bonds. The van der Waals surface area contributed by atoms with Gasteiger partial charge >= 0.3 is 0 Å². The third kappa shape index (κ3) is 4.74. The average Bonchev–Trinajstić information content (AvgIpc) is 3.09. The lowest BCUT2D eigenvalue weighted by Gasteiger charge is -2.39. The van der Waals surface area contributed by atoms with Crippen LogP contribution in [0.5, 0.6) is 0 Å². The molecule has 0 aliphatic carbocycles. The molecule has 1 aliphatic rings. The lowest BCUT2D eigenvalue weighted by molar-refractivity contribution is 0.0479. The summed E-state index contributed by atoms with van der Waals surface area (Å²) in [5.41, 5.74) is 3.40. The van der Waals surface area contributed by atoms with Gasteiger partial charge in [-0.25, -0.2) is 4.98 Å². The van der Waals surface area contributed by atoms with Crippen molar-refractivity contribution in [1.82, 2.24) is 14.8 Å². The maximum atomic E-state index is 13.2.